The summed E-state index contributed by atoms with van der Waals surface area (Å²) in [5, 5.41) is 6.87. The molecule has 0 radical (unpaired) electrons. The predicted molar refractivity (Wildman–Crippen MR) is 99.3 cm³/mol. The van der Waals surface area contributed by atoms with Crippen LogP contribution in [0.4, 0.5) is 0 Å². The molecule has 1 atom stereocenters. The Kier molecular flexibility index (Phi) is 7.09. The number of fused-ring (bicyclic) bond motifs is 1. The van der Waals surface area contributed by atoms with E-state index in [0.717, 1.165) is 44.6 Å². The summed E-state index contributed by atoms with van der Waals surface area (Å²) in [4.78, 5) is 17.8. The Morgan fingerprint density at radius 3 is 2.75 bits per heavy atom. The van der Waals surface area contributed by atoms with Crippen molar-refractivity contribution in [1.29, 1.82) is 0 Å². The predicted octanol–water partition coefficient (Wildman–Crippen LogP) is 1.97. The highest BCUT2D eigenvalue weighted by Crippen LogP contribution is 2.20. The Bertz CT molecular complexity index is 568. The van der Waals surface area contributed by atoms with Gasteiger partial charge in [-0.1, -0.05) is 37.6 Å². The molecule has 132 valence electrons. The molecule has 5 nitrogen and oxygen atoms in total. The first-order valence-electron chi connectivity index (χ1n) is 8.92. The molecule has 2 N–H and O–H groups in total. The lowest BCUT2D eigenvalue weighted by Gasteiger charge is -2.27. The molecule has 0 spiro atoms. The zero-order valence-electron chi connectivity index (χ0n) is 15.1. The smallest absolute Gasteiger partial charge is 0.243 e. The molecule has 24 heavy (non-hydrogen) atoms. The topological polar surface area (TPSA) is 56.7 Å². The van der Waals surface area contributed by atoms with Crippen molar-refractivity contribution in [2.24, 2.45) is 4.99 Å². The molecule has 0 saturated heterocycles. The van der Waals surface area contributed by atoms with E-state index in [2.05, 4.69) is 46.8 Å². The maximum absolute atomic E-state index is 11.8. The molecule has 1 aliphatic carbocycles. The van der Waals surface area contributed by atoms with Crippen LogP contribution in [0.1, 0.15) is 37.3 Å². The summed E-state index contributed by atoms with van der Waals surface area (Å²) in [7, 11) is 3.51. The molecular formula is C19H30N4O. The number of carbonyl (C=O) groups excluding carboxylic acids is 1. The first-order valence-corrected chi connectivity index (χ1v) is 8.92. The summed E-state index contributed by atoms with van der Waals surface area (Å²) in [6, 6.07) is 9.00. The normalized spacial score (nSPS) is 17.1. The van der Waals surface area contributed by atoms with Gasteiger partial charge in [0.2, 0.25) is 5.91 Å². The summed E-state index contributed by atoms with van der Waals surface area (Å²) in [5.41, 5.74) is 2.87. The highest BCUT2D eigenvalue weighted by Gasteiger charge is 2.19. The zero-order valence-corrected chi connectivity index (χ0v) is 15.1. The molecule has 0 bridgehead atoms. The van der Waals surface area contributed by atoms with Crippen LogP contribution in [0.5, 0.6) is 0 Å². The van der Waals surface area contributed by atoms with Crippen molar-refractivity contribution in [3.63, 3.8) is 0 Å². The van der Waals surface area contributed by atoms with E-state index in [9.17, 15) is 4.79 Å². The number of unbranched alkanes of at least 4 members (excludes halogenated alkanes) is 1. The number of likely N-dealkylation sites (N-methyl/N-ethyl adjacent to an activating group) is 1. The van der Waals surface area contributed by atoms with Crippen molar-refractivity contribution in [2.45, 2.75) is 45.1 Å². The largest absolute Gasteiger partial charge is 0.356 e. The van der Waals surface area contributed by atoms with Crippen molar-refractivity contribution < 1.29 is 4.79 Å². The fourth-order valence-corrected chi connectivity index (χ4v) is 2.84. The number of hydrogen-bond donors (Lipinski definition) is 2. The van der Waals surface area contributed by atoms with E-state index in [0.29, 0.717) is 6.04 Å². The first kappa shape index (κ1) is 18.3. The van der Waals surface area contributed by atoms with Crippen LogP contribution in [-0.2, 0) is 17.6 Å². The molecule has 1 amide bonds. The van der Waals surface area contributed by atoms with Gasteiger partial charge in [-0.3, -0.25) is 4.79 Å². The van der Waals surface area contributed by atoms with Gasteiger partial charge < -0.3 is 15.5 Å². The van der Waals surface area contributed by atoms with Crippen molar-refractivity contribution in [2.75, 3.05) is 27.2 Å². The Hall–Kier alpha value is -2.04. The average Bonchev–Trinajstić information content (AvgIpc) is 2.59. The van der Waals surface area contributed by atoms with Crippen molar-refractivity contribution >= 4 is 11.9 Å². The van der Waals surface area contributed by atoms with Crippen LogP contribution >= 0.6 is 0 Å². The number of aryl methyl sites for hydroxylation is 1. The molecule has 0 heterocycles. The Morgan fingerprint density at radius 2 is 2.04 bits per heavy atom. The third-order valence-electron chi connectivity index (χ3n) is 4.38. The van der Waals surface area contributed by atoms with E-state index in [-0.39, 0.29) is 12.5 Å². The Morgan fingerprint density at radius 1 is 1.29 bits per heavy atom. The van der Waals surface area contributed by atoms with Gasteiger partial charge in [-0.05, 0) is 36.8 Å². The van der Waals surface area contributed by atoms with E-state index in [1.54, 1.807) is 19.0 Å². The van der Waals surface area contributed by atoms with E-state index < -0.39 is 0 Å². The van der Waals surface area contributed by atoms with Crippen LogP contribution in [0, 0.1) is 0 Å². The maximum Gasteiger partial charge on any atom is 0.243 e. The first-order chi connectivity index (χ1) is 11.6. The number of rotatable bonds is 6. The molecule has 1 unspecified atom stereocenters. The van der Waals surface area contributed by atoms with Gasteiger partial charge >= 0.3 is 0 Å². The van der Waals surface area contributed by atoms with Crippen LogP contribution in [0.2, 0.25) is 0 Å². The zero-order chi connectivity index (χ0) is 17.4. The quantitative estimate of drug-likeness (QED) is 0.476. The van der Waals surface area contributed by atoms with E-state index in [1.165, 1.54) is 11.1 Å². The molecule has 2 rings (SSSR count). The van der Waals surface area contributed by atoms with Gasteiger partial charge in [0.1, 0.15) is 6.54 Å². The summed E-state index contributed by atoms with van der Waals surface area (Å²) in [5.74, 6) is 0.767. The van der Waals surface area contributed by atoms with Crippen molar-refractivity contribution in [1.82, 2.24) is 15.5 Å². The SMILES string of the molecule is CCCCNC(=NCC(=O)N(C)C)NC1CCc2ccccc2C1. The number of amides is 1. The molecule has 1 aliphatic rings. The van der Waals surface area contributed by atoms with Crippen LogP contribution in [-0.4, -0.2) is 50.0 Å². The number of nitrogens with one attached hydrogen (secondary N) is 2. The minimum absolute atomic E-state index is 0.0144. The van der Waals surface area contributed by atoms with E-state index in [4.69, 9.17) is 0 Å². The molecule has 0 saturated carbocycles. The minimum Gasteiger partial charge on any atom is -0.356 e. The van der Waals surface area contributed by atoms with Crippen LogP contribution < -0.4 is 10.6 Å². The monoisotopic (exact) mass is 330 g/mol. The van der Waals surface area contributed by atoms with Gasteiger partial charge in [0, 0.05) is 26.7 Å². The fourth-order valence-electron chi connectivity index (χ4n) is 2.84. The second-order valence-electron chi connectivity index (χ2n) is 6.59. The van der Waals surface area contributed by atoms with Gasteiger partial charge in [-0.25, -0.2) is 4.99 Å². The van der Waals surface area contributed by atoms with Crippen molar-refractivity contribution in [3.8, 4) is 0 Å². The molecule has 0 aromatic heterocycles. The highest BCUT2D eigenvalue weighted by molar-refractivity contribution is 5.85. The van der Waals surface area contributed by atoms with Gasteiger partial charge in [0.05, 0.1) is 0 Å². The third-order valence-corrected chi connectivity index (χ3v) is 4.38. The Balaban J connectivity index is 1.97. The van der Waals surface area contributed by atoms with Crippen LogP contribution in [0.3, 0.4) is 0 Å². The van der Waals surface area contributed by atoms with Crippen LogP contribution in [0.25, 0.3) is 0 Å². The maximum atomic E-state index is 11.8. The second kappa shape index (κ2) is 9.30. The van der Waals surface area contributed by atoms with Gasteiger partial charge in [-0.15, -0.1) is 0 Å². The summed E-state index contributed by atoms with van der Waals surface area (Å²) < 4.78 is 0. The highest BCUT2D eigenvalue weighted by atomic mass is 16.2. The number of hydrogen-bond acceptors (Lipinski definition) is 2. The number of benzene rings is 1. The number of carbonyl (C=O) groups is 1. The minimum atomic E-state index is 0.0144. The second-order valence-corrected chi connectivity index (χ2v) is 6.59. The van der Waals surface area contributed by atoms with E-state index >= 15 is 0 Å². The lowest BCUT2D eigenvalue weighted by Crippen LogP contribution is -2.46. The number of aliphatic imine (C=N–C) groups is 1. The molecule has 0 aliphatic heterocycles. The molecule has 1 aromatic rings. The summed E-state index contributed by atoms with van der Waals surface area (Å²) in [6.07, 6.45) is 5.41. The summed E-state index contributed by atoms with van der Waals surface area (Å²) >= 11 is 0. The van der Waals surface area contributed by atoms with Gasteiger partial charge in [0.15, 0.2) is 5.96 Å². The number of guanidine groups is 1. The van der Waals surface area contributed by atoms with Gasteiger partial charge in [-0.2, -0.15) is 0 Å². The Labute approximate surface area is 145 Å². The molecule has 0 fully saturated rings. The van der Waals surface area contributed by atoms with E-state index in [1.807, 2.05) is 0 Å². The van der Waals surface area contributed by atoms with Gasteiger partial charge in [0.25, 0.3) is 0 Å². The standard InChI is InChI=1S/C19H30N4O/c1-4-5-12-20-19(21-14-18(24)23(2)3)22-17-11-10-15-8-6-7-9-16(15)13-17/h6-9,17H,4-5,10-14H2,1-3H3,(H2,20,21,22). The summed E-state index contributed by atoms with van der Waals surface area (Å²) in [6.45, 7) is 3.22. The lowest BCUT2D eigenvalue weighted by atomic mass is 9.88. The van der Waals surface area contributed by atoms with Crippen molar-refractivity contribution in [3.05, 3.63) is 35.4 Å². The average molecular weight is 330 g/mol. The number of nitrogens with zero attached hydrogens (tertiary/aromatic N) is 2. The third kappa shape index (κ3) is 5.55. The molecule has 1 aromatic carbocycles. The lowest BCUT2D eigenvalue weighted by molar-refractivity contribution is -0.127. The fraction of sp³-hybridized carbons (Fsp3) is 0.579. The van der Waals surface area contributed by atoms with Crippen LogP contribution in [0.15, 0.2) is 29.3 Å². The molecule has 5 heteroatoms. The molecular weight excluding hydrogens is 300 g/mol.